The number of hydrogen-bond acceptors (Lipinski definition) is 5. The van der Waals surface area contributed by atoms with E-state index in [1.165, 1.54) is 47.3 Å². The van der Waals surface area contributed by atoms with Crippen LogP contribution in [0, 0.1) is 23.0 Å². The number of hydrogen-bond donors (Lipinski definition) is 1. The lowest BCUT2D eigenvalue weighted by molar-refractivity contribution is 0.491. The molecule has 10 heteroatoms. The number of pyridine rings is 2. The van der Waals surface area contributed by atoms with E-state index in [2.05, 4.69) is 20.8 Å². The van der Waals surface area contributed by atoms with Gasteiger partial charge in [0, 0.05) is 23.3 Å². The van der Waals surface area contributed by atoms with Crippen molar-refractivity contribution in [2.45, 2.75) is 44.6 Å². The molecule has 0 saturated heterocycles. The number of nitrogens with zero attached hydrogens (tertiary/aromatic N) is 4. The number of sulfonamides is 1. The Kier molecular flexibility index (Phi) is 6.17. The molecule has 0 unspecified atom stereocenters. The Bertz CT molecular complexity index is 1580. The first-order valence-electron chi connectivity index (χ1n) is 10.8. The van der Waals surface area contributed by atoms with Crippen molar-refractivity contribution in [2.75, 3.05) is 0 Å². The molecule has 0 radical (unpaired) electrons. The maximum absolute atomic E-state index is 14.9. The van der Waals surface area contributed by atoms with Crippen LogP contribution in [0.1, 0.15) is 38.8 Å². The van der Waals surface area contributed by atoms with Gasteiger partial charge in [-0.05, 0) is 69.2 Å². The van der Waals surface area contributed by atoms with Gasteiger partial charge in [-0.1, -0.05) is 6.92 Å². The minimum absolute atomic E-state index is 0.0688. The standard InChI is InChI=1S/C25H23F2N5O2S/c1-5-15-11-22-17(12-20(15)27)18(13-28)23(32(22)24-19(26)7-6-10-29-24)21-9-8-16(14-30-21)35(33,34)31-25(2,3)4/h6-12,14,31H,5H2,1-4H3. The highest BCUT2D eigenvalue weighted by molar-refractivity contribution is 7.89. The Morgan fingerprint density at radius 2 is 1.86 bits per heavy atom. The van der Waals surface area contributed by atoms with E-state index < -0.39 is 27.2 Å². The topological polar surface area (TPSA) is 101 Å². The molecule has 1 N–H and O–H groups in total. The highest BCUT2D eigenvalue weighted by atomic mass is 32.2. The smallest absolute Gasteiger partial charge is 0.242 e. The van der Waals surface area contributed by atoms with Crippen LogP contribution in [0.4, 0.5) is 8.78 Å². The molecular formula is C25H23F2N5O2S. The normalized spacial score (nSPS) is 12.1. The average Bonchev–Trinajstić information content (AvgIpc) is 3.10. The Labute approximate surface area is 202 Å². The van der Waals surface area contributed by atoms with Crippen LogP contribution in [-0.4, -0.2) is 28.5 Å². The van der Waals surface area contributed by atoms with Crippen LogP contribution >= 0.6 is 0 Å². The van der Waals surface area contributed by atoms with Crippen molar-refractivity contribution in [3.8, 4) is 23.3 Å². The lowest BCUT2D eigenvalue weighted by Crippen LogP contribution is -2.40. The first-order valence-corrected chi connectivity index (χ1v) is 12.3. The first kappa shape index (κ1) is 24.4. The molecule has 180 valence electrons. The summed E-state index contributed by atoms with van der Waals surface area (Å²) in [5.41, 5.74) is 0.542. The van der Waals surface area contributed by atoms with Gasteiger partial charge in [-0.2, -0.15) is 5.26 Å². The van der Waals surface area contributed by atoms with Crippen LogP contribution in [0.25, 0.3) is 28.1 Å². The van der Waals surface area contributed by atoms with Gasteiger partial charge >= 0.3 is 0 Å². The first-order chi connectivity index (χ1) is 16.5. The summed E-state index contributed by atoms with van der Waals surface area (Å²) in [5, 5.41) is 10.3. The fourth-order valence-electron chi connectivity index (χ4n) is 3.88. The molecule has 7 nitrogen and oxygen atoms in total. The Morgan fingerprint density at radius 1 is 1.11 bits per heavy atom. The lowest BCUT2D eigenvalue weighted by atomic mass is 10.1. The fourth-order valence-corrected chi connectivity index (χ4v) is 5.24. The maximum atomic E-state index is 14.9. The third kappa shape index (κ3) is 4.52. The second kappa shape index (κ2) is 8.83. The highest BCUT2D eigenvalue weighted by Gasteiger charge is 2.26. The zero-order valence-electron chi connectivity index (χ0n) is 19.6. The molecule has 0 aliphatic carbocycles. The van der Waals surface area contributed by atoms with Crippen LogP contribution in [0.5, 0.6) is 0 Å². The SMILES string of the molecule is CCc1cc2c(cc1F)c(C#N)c(-c1ccc(S(=O)(=O)NC(C)(C)C)cn1)n2-c1ncccc1F. The molecule has 0 fully saturated rings. The predicted molar refractivity (Wildman–Crippen MR) is 128 cm³/mol. The second-order valence-electron chi connectivity index (χ2n) is 9.03. The van der Waals surface area contributed by atoms with Gasteiger partial charge in [0.05, 0.1) is 22.5 Å². The Morgan fingerprint density at radius 3 is 2.43 bits per heavy atom. The highest BCUT2D eigenvalue weighted by Crippen LogP contribution is 2.37. The number of nitriles is 1. The van der Waals surface area contributed by atoms with Crippen molar-refractivity contribution in [1.29, 1.82) is 5.26 Å². The number of fused-ring (bicyclic) bond motifs is 1. The van der Waals surface area contributed by atoms with E-state index >= 15 is 0 Å². The monoisotopic (exact) mass is 495 g/mol. The van der Waals surface area contributed by atoms with Gasteiger partial charge in [0.15, 0.2) is 11.6 Å². The summed E-state index contributed by atoms with van der Waals surface area (Å²) in [6.07, 6.45) is 2.96. The largest absolute Gasteiger partial charge is 0.288 e. The van der Waals surface area contributed by atoms with Crippen molar-refractivity contribution in [1.82, 2.24) is 19.3 Å². The fraction of sp³-hybridized carbons (Fsp3) is 0.240. The van der Waals surface area contributed by atoms with E-state index in [9.17, 15) is 22.5 Å². The van der Waals surface area contributed by atoms with E-state index in [0.717, 1.165) is 0 Å². The summed E-state index contributed by atoms with van der Waals surface area (Å²) in [4.78, 5) is 8.38. The minimum atomic E-state index is -3.85. The molecule has 35 heavy (non-hydrogen) atoms. The minimum Gasteiger partial charge on any atom is -0.288 e. The summed E-state index contributed by atoms with van der Waals surface area (Å²) in [6.45, 7) is 6.94. The van der Waals surface area contributed by atoms with E-state index in [4.69, 9.17) is 0 Å². The summed E-state index contributed by atoms with van der Waals surface area (Å²) in [6, 6.07) is 10.3. The van der Waals surface area contributed by atoms with Crippen molar-refractivity contribution in [3.63, 3.8) is 0 Å². The van der Waals surface area contributed by atoms with E-state index in [-0.39, 0.29) is 33.1 Å². The number of aryl methyl sites for hydroxylation is 1. The number of aromatic nitrogens is 3. The molecular weight excluding hydrogens is 472 g/mol. The average molecular weight is 496 g/mol. The van der Waals surface area contributed by atoms with Gasteiger partial charge in [0.2, 0.25) is 10.0 Å². The molecule has 3 aromatic heterocycles. The Balaban J connectivity index is 2.01. The van der Waals surface area contributed by atoms with Crippen molar-refractivity contribution >= 4 is 20.9 Å². The van der Waals surface area contributed by atoms with Crippen LogP contribution in [0.15, 0.2) is 53.7 Å². The lowest BCUT2D eigenvalue weighted by Gasteiger charge is -2.20. The molecule has 0 aliphatic rings. The summed E-state index contributed by atoms with van der Waals surface area (Å²) in [7, 11) is -3.85. The van der Waals surface area contributed by atoms with E-state index in [1.807, 2.05) is 0 Å². The Hall–Kier alpha value is -3.68. The molecule has 0 bridgehead atoms. The molecule has 0 atom stereocenters. The molecule has 0 amide bonds. The summed E-state index contributed by atoms with van der Waals surface area (Å²) >= 11 is 0. The zero-order valence-corrected chi connectivity index (χ0v) is 20.4. The molecule has 4 rings (SSSR count). The molecule has 0 spiro atoms. The van der Waals surface area contributed by atoms with Crippen LogP contribution in [0.3, 0.4) is 0 Å². The maximum Gasteiger partial charge on any atom is 0.242 e. The molecule has 3 heterocycles. The van der Waals surface area contributed by atoms with Gasteiger partial charge in [0.25, 0.3) is 0 Å². The van der Waals surface area contributed by atoms with Gasteiger partial charge < -0.3 is 0 Å². The van der Waals surface area contributed by atoms with Crippen LogP contribution in [-0.2, 0) is 16.4 Å². The quantitative estimate of drug-likeness (QED) is 0.425. The number of rotatable bonds is 5. The molecule has 0 saturated carbocycles. The number of nitrogens with one attached hydrogen (secondary N) is 1. The molecule has 4 aromatic rings. The van der Waals surface area contributed by atoms with Gasteiger partial charge in [-0.25, -0.2) is 26.9 Å². The van der Waals surface area contributed by atoms with E-state index in [0.29, 0.717) is 17.5 Å². The third-order valence-electron chi connectivity index (χ3n) is 5.31. The second-order valence-corrected chi connectivity index (χ2v) is 10.7. The number of benzene rings is 1. The van der Waals surface area contributed by atoms with Gasteiger partial charge in [0.1, 0.15) is 16.8 Å². The third-order valence-corrected chi connectivity index (χ3v) is 7.05. The van der Waals surface area contributed by atoms with Crippen molar-refractivity contribution in [2.24, 2.45) is 0 Å². The van der Waals surface area contributed by atoms with Crippen LogP contribution < -0.4 is 4.72 Å². The van der Waals surface area contributed by atoms with Crippen molar-refractivity contribution < 1.29 is 17.2 Å². The summed E-state index contributed by atoms with van der Waals surface area (Å²) < 4.78 is 58.9. The van der Waals surface area contributed by atoms with Gasteiger partial charge in [-0.15, -0.1) is 0 Å². The zero-order chi connectivity index (χ0) is 25.5. The van der Waals surface area contributed by atoms with E-state index in [1.54, 1.807) is 33.8 Å². The molecule has 1 aromatic carbocycles. The van der Waals surface area contributed by atoms with Gasteiger partial charge in [-0.3, -0.25) is 9.55 Å². The predicted octanol–water partition coefficient (Wildman–Crippen LogP) is 4.88. The van der Waals surface area contributed by atoms with Crippen LogP contribution in [0.2, 0.25) is 0 Å². The van der Waals surface area contributed by atoms with Crippen molar-refractivity contribution in [3.05, 3.63) is 71.6 Å². The molecule has 0 aliphatic heterocycles. The number of halogens is 2. The summed E-state index contributed by atoms with van der Waals surface area (Å²) in [5.74, 6) is -1.22.